The molecule has 0 aromatic carbocycles. The van der Waals surface area contributed by atoms with Gasteiger partial charge in [0.15, 0.2) is 0 Å². The molecule has 2 aliphatic heterocycles. The molecule has 0 radical (unpaired) electrons. The highest BCUT2D eigenvalue weighted by Crippen LogP contribution is 2.21. The van der Waals surface area contributed by atoms with Crippen LogP contribution in [-0.4, -0.2) is 73.7 Å². The fourth-order valence-corrected chi connectivity index (χ4v) is 3.26. The first-order chi connectivity index (χ1) is 9.83. The van der Waals surface area contributed by atoms with Gasteiger partial charge >= 0.3 is 0 Å². The summed E-state index contributed by atoms with van der Waals surface area (Å²) in [4.78, 5) is 17.0. The maximum Gasteiger partial charge on any atom is 0.239 e. The van der Waals surface area contributed by atoms with Gasteiger partial charge in [-0.25, -0.2) is 0 Å². The van der Waals surface area contributed by atoms with Crippen molar-refractivity contribution in [1.82, 2.24) is 15.1 Å². The zero-order valence-electron chi connectivity index (χ0n) is 12.4. The SMILES string of the molecule is O=C1[C@H](NC2CCC2)CCCN1CCN1CCOCC1. The van der Waals surface area contributed by atoms with Crippen LogP contribution >= 0.6 is 0 Å². The minimum Gasteiger partial charge on any atom is -0.379 e. The van der Waals surface area contributed by atoms with Gasteiger partial charge in [-0.3, -0.25) is 9.69 Å². The Hall–Kier alpha value is -0.650. The molecule has 3 fully saturated rings. The van der Waals surface area contributed by atoms with Gasteiger partial charge in [-0.05, 0) is 25.7 Å². The van der Waals surface area contributed by atoms with E-state index in [0.717, 1.165) is 58.8 Å². The smallest absolute Gasteiger partial charge is 0.239 e. The molecule has 114 valence electrons. The molecule has 20 heavy (non-hydrogen) atoms. The summed E-state index contributed by atoms with van der Waals surface area (Å²) in [6, 6.07) is 0.682. The van der Waals surface area contributed by atoms with Crippen molar-refractivity contribution in [3.05, 3.63) is 0 Å². The Balaban J connectivity index is 1.44. The van der Waals surface area contributed by atoms with Crippen molar-refractivity contribution in [3.63, 3.8) is 0 Å². The monoisotopic (exact) mass is 281 g/mol. The Morgan fingerprint density at radius 3 is 2.55 bits per heavy atom. The van der Waals surface area contributed by atoms with E-state index in [1.54, 1.807) is 0 Å². The minimum atomic E-state index is 0.0822. The van der Waals surface area contributed by atoms with Crippen LogP contribution in [0, 0.1) is 0 Å². The van der Waals surface area contributed by atoms with E-state index in [2.05, 4.69) is 15.1 Å². The summed E-state index contributed by atoms with van der Waals surface area (Å²) in [6.45, 7) is 6.48. The van der Waals surface area contributed by atoms with Crippen molar-refractivity contribution in [1.29, 1.82) is 0 Å². The number of rotatable bonds is 5. The summed E-state index contributed by atoms with van der Waals surface area (Å²) in [5, 5.41) is 3.55. The Labute approximate surface area is 121 Å². The number of hydrogen-bond acceptors (Lipinski definition) is 4. The van der Waals surface area contributed by atoms with E-state index < -0.39 is 0 Å². The highest BCUT2D eigenvalue weighted by molar-refractivity contribution is 5.82. The largest absolute Gasteiger partial charge is 0.379 e. The third-order valence-electron chi connectivity index (χ3n) is 4.86. The average Bonchev–Trinajstić information content (AvgIpc) is 2.44. The van der Waals surface area contributed by atoms with Crippen LogP contribution in [0.1, 0.15) is 32.1 Å². The standard InChI is InChI=1S/C15H27N3O2/c19-15-14(16-13-3-1-4-13)5-2-6-18(15)8-7-17-9-11-20-12-10-17/h13-14,16H,1-12H2/t14-/m1/s1. The molecule has 5 heteroatoms. The van der Waals surface area contributed by atoms with Crippen molar-refractivity contribution in [2.75, 3.05) is 45.9 Å². The maximum absolute atomic E-state index is 12.5. The summed E-state index contributed by atoms with van der Waals surface area (Å²) in [5.74, 6) is 0.330. The van der Waals surface area contributed by atoms with Crippen molar-refractivity contribution < 1.29 is 9.53 Å². The number of piperidine rings is 1. The van der Waals surface area contributed by atoms with Crippen molar-refractivity contribution >= 4 is 5.91 Å². The van der Waals surface area contributed by atoms with E-state index in [9.17, 15) is 4.79 Å². The summed E-state index contributed by atoms with van der Waals surface area (Å²) in [7, 11) is 0. The molecule has 2 saturated heterocycles. The van der Waals surface area contributed by atoms with Crippen LogP contribution in [0.3, 0.4) is 0 Å². The van der Waals surface area contributed by atoms with Crippen LogP contribution in [0.25, 0.3) is 0 Å². The van der Waals surface area contributed by atoms with Gasteiger partial charge in [0.25, 0.3) is 0 Å². The second-order valence-electron chi connectivity index (χ2n) is 6.27. The summed E-state index contributed by atoms with van der Waals surface area (Å²) in [5.41, 5.74) is 0. The molecule has 0 aromatic heterocycles. The predicted octanol–water partition coefficient (Wildman–Crippen LogP) is 0.452. The summed E-state index contributed by atoms with van der Waals surface area (Å²) >= 11 is 0. The normalized spacial score (nSPS) is 29.5. The molecule has 1 aliphatic carbocycles. The molecule has 0 aromatic rings. The highest BCUT2D eigenvalue weighted by atomic mass is 16.5. The van der Waals surface area contributed by atoms with Gasteiger partial charge in [-0.15, -0.1) is 0 Å². The number of morpholine rings is 1. The molecule has 1 atom stereocenters. The van der Waals surface area contributed by atoms with E-state index in [1.165, 1.54) is 19.3 Å². The van der Waals surface area contributed by atoms with Crippen LogP contribution in [0.4, 0.5) is 0 Å². The van der Waals surface area contributed by atoms with Crippen molar-refractivity contribution in [2.45, 2.75) is 44.2 Å². The number of nitrogens with zero attached hydrogens (tertiary/aromatic N) is 2. The van der Waals surface area contributed by atoms with Gasteiger partial charge < -0.3 is 15.0 Å². The first-order valence-corrected chi connectivity index (χ1v) is 8.18. The lowest BCUT2D eigenvalue weighted by Crippen LogP contribution is -2.55. The van der Waals surface area contributed by atoms with Crippen LogP contribution in [0.15, 0.2) is 0 Å². The lowest BCUT2D eigenvalue weighted by atomic mass is 9.91. The van der Waals surface area contributed by atoms with E-state index in [4.69, 9.17) is 4.74 Å². The van der Waals surface area contributed by atoms with Crippen LogP contribution in [0.2, 0.25) is 0 Å². The third kappa shape index (κ3) is 3.51. The van der Waals surface area contributed by atoms with Gasteiger partial charge in [0.05, 0.1) is 19.3 Å². The number of hydrogen-bond donors (Lipinski definition) is 1. The van der Waals surface area contributed by atoms with Crippen LogP contribution in [-0.2, 0) is 9.53 Å². The van der Waals surface area contributed by atoms with Gasteiger partial charge in [0.1, 0.15) is 0 Å². The molecule has 0 spiro atoms. The van der Waals surface area contributed by atoms with Gasteiger partial charge in [0, 0.05) is 38.8 Å². The Morgan fingerprint density at radius 2 is 1.85 bits per heavy atom. The number of ether oxygens (including phenoxy) is 1. The maximum atomic E-state index is 12.5. The van der Waals surface area contributed by atoms with Crippen molar-refractivity contribution in [2.24, 2.45) is 0 Å². The zero-order chi connectivity index (χ0) is 13.8. The summed E-state index contributed by atoms with van der Waals surface area (Å²) < 4.78 is 5.36. The third-order valence-corrected chi connectivity index (χ3v) is 4.86. The van der Waals surface area contributed by atoms with Crippen molar-refractivity contribution in [3.8, 4) is 0 Å². The number of nitrogens with one attached hydrogen (secondary N) is 1. The zero-order valence-corrected chi connectivity index (χ0v) is 12.4. The number of likely N-dealkylation sites (tertiary alicyclic amines) is 1. The quantitative estimate of drug-likeness (QED) is 0.795. The van der Waals surface area contributed by atoms with Crippen LogP contribution < -0.4 is 5.32 Å². The molecule has 3 aliphatic rings. The van der Waals surface area contributed by atoms with Crippen LogP contribution in [0.5, 0.6) is 0 Å². The molecule has 0 unspecified atom stereocenters. The van der Waals surface area contributed by atoms with Gasteiger partial charge in [-0.1, -0.05) is 6.42 Å². The Morgan fingerprint density at radius 1 is 1.05 bits per heavy atom. The van der Waals surface area contributed by atoms with E-state index >= 15 is 0 Å². The molecule has 1 saturated carbocycles. The average molecular weight is 281 g/mol. The first kappa shape index (κ1) is 14.3. The minimum absolute atomic E-state index is 0.0822. The first-order valence-electron chi connectivity index (χ1n) is 8.18. The van der Waals surface area contributed by atoms with E-state index in [1.807, 2.05) is 0 Å². The summed E-state index contributed by atoms with van der Waals surface area (Å²) in [6.07, 6.45) is 5.97. The number of amides is 1. The van der Waals surface area contributed by atoms with Gasteiger partial charge in [0.2, 0.25) is 5.91 Å². The molecule has 3 rings (SSSR count). The number of carbonyl (C=O) groups excluding carboxylic acids is 1. The second-order valence-corrected chi connectivity index (χ2v) is 6.27. The van der Waals surface area contributed by atoms with E-state index in [-0.39, 0.29) is 6.04 Å². The Kier molecular flexibility index (Phi) is 4.91. The highest BCUT2D eigenvalue weighted by Gasteiger charge is 2.31. The fraction of sp³-hybridized carbons (Fsp3) is 0.933. The Bertz CT molecular complexity index is 327. The lowest BCUT2D eigenvalue weighted by molar-refractivity contribution is -0.136. The molecule has 5 nitrogen and oxygen atoms in total. The predicted molar refractivity (Wildman–Crippen MR) is 77.6 cm³/mol. The molecule has 1 N–H and O–H groups in total. The molecule has 0 bridgehead atoms. The van der Waals surface area contributed by atoms with E-state index in [0.29, 0.717) is 11.9 Å². The second kappa shape index (κ2) is 6.87. The van der Waals surface area contributed by atoms with Gasteiger partial charge in [-0.2, -0.15) is 0 Å². The molecular formula is C15H27N3O2. The lowest BCUT2D eigenvalue weighted by Gasteiger charge is -2.38. The molecular weight excluding hydrogens is 254 g/mol. The molecule has 2 heterocycles. The number of carbonyl (C=O) groups is 1. The topological polar surface area (TPSA) is 44.8 Å². The fourth-order valence-electron chi connectivity index (χ4n) is 3.26. The molecule has 1 amide bonds.